The molecule has 15 heteroatoms. The fourth-order valence-corrected chi connectivity index (χ4v) is 13.2. The van der Waals surface area contributed by atoms with Crippen molar-refractivity contribution < 1.29 is 71.3 Å². The van der Waals surface area contributed by atoms with Crippen LogP contribution in [0.5, 0.6) is 28.7 Å². The minimum Gasteiger partial charge on any atom is -0.428 e. The Morgan fingerprint density at radius 2 is 0.581 bits per heavy atom. The highest BCUT2D eigenvalue weighted by Gasteiger charge is 2.36. The second-order valence-electron chi connectivity index (χ2n) is 37.4. The predicted molar refractivity (Wildman–Crippen MR) is 419 cm³/mol. The summed E-state index contributed by atoms with van der Waals surface area (Å²) in [4.78, 5) is 68.6. The van der Waals surface area contributed by atoms with Crippen LogP contribution in [-0.2, 0) is 51.8 Å². The van der Waals surface area contributed by atoms with Gasteiger partial charge in [-0.25, -0.2) is 24.0 Å². The second kappa shape index (κ2) is 32.4. The van der Waals surface area contributed by atoms with Crippen molar-refractivity contribution in [1.82, 2.24) is 0 Å². The van der Waals surface area contributed by atoms with Crippen LogP contribution in [0.15, 0.2) is 97.1 Å². The van der Waals surface area contributed by atoms with Gasteiger partial charge >= 0.3 is 30.8 Å². The maximum atomic E-state index is 14.6. The molecule has 0 aliphatic carbocycles. The molecule has 0 saturated heterocycles. The summed E-state index contributed by atoms with van der Waals surface area (Å²) in [6.07, 6.45) is -2.13. The number of benzene rings is 6. The third kappa shape index (κ3) is 24.6. The zero-order valence-corrected chi connectivity index (χ0v) is 69.5. The minimum absolute atomic E-state index is 0.0428. The normalized spacial score (nSPS) is 13.6. The summed E-state index contributed by atoms with van der Waals surface area (Å²) in [6, 6.07) is 32.6. The molecule has 0 heterocycles. The molecule has 0 N–H and O–H groups in total. The van der Waals surface area contributed by atoms with Crippen molar-refractivity contribution >= 4 is 30.8 Å². The van der Waals surface area contributed by atoms with E-state index in [9.17, 15) is 24.0 Å². The van der Waals surface area contributed by atoms with Crippen LogP contribution in [0.25, 0.3) is 0 Å². The molecule has 0 aliphatic heterocycles. The summed E-state index contributed by atoms with van der Waals surface area (Å²) in [5.41, 5.74) is 7.09. The standard InChI is InChI=1S/C90H124O15/c1-53-43-73(97-78(92)102-87(22,23)24)68(82(7,8)9)48-64(53)62(65-49-69(83(10,11)12)74(44-54(65)2)98-79(93)103-88(25,26)27)39-36-40-63(66-50-70(84(13,14)15)75(45-55(66)3)99-80(94)104-89(28,29)30)67-51-71(85(16,17)18)76(46-56(67)4)100-81(95)105-90(31,32)52-61-42-41-60(47-72(61)96-77(91)101-86(19,20)21)58(6)57(5)59-37-34-33-35-38-59/h33-35,37-38,41-51,57-58,62-63H,36,39-40,52H2,1-32H3. The maximum Gasteiger partial charge on any atom is 0.514 e. The molecule has 0 amide bonds. The Morgan fingerprint density at radius 1 is 0.314 bits per heavy atom. The average molecular weight is 1450 g/mol. The van der Waals surface area contributed by atoms with E-state index in [0.717, 1.165) is 72.3 Å². The van der Waals surface area contributed by atoms with E-state index < -0.39 is 80.4 Å². The molecule has 6 aromatic carbocycles. The van der Waals surface area contributed by atoms with Gasteiger partial charge in [-0.2, -0.15) is 0 Å². The van der Waals surface area contributed by atoms with Crippen molar-refractivity contribution in [2.75, 3.05) is 0 Å². The predicted octanol–water partition coefficient (Wildman–Crippen LogP) is 24.9. The van der Waals surface area contributed by atoms with E-state index >= 15 is 0 Å². The molecule has 0 spiro atoms. The Bertz CT molecular complexity index is 4000. The average Bonchev–Trinajstić information content (AvgIpc) is 0.769. The molecule has 15 nitrogen and oxygen atoms in total. The van der Waals surface area contributed by atoms with Gasteiger partial charge < -0.3 is 47.4 Å². The van der Waals surface area contributed by atoms with Crippen LogP contribution in [0, 0.1) is 27.7 Å². The van der Waals surface area contributed by atoms with Crippen LogP contribution in [0.4, 0.5) is 24.0 Å². The zero-order chi connectivity index (χ0) is 79.5. The Balaban J connectivity index is 1.52. The minimum atomic E-state index is -1.18. The first-order valence-corrected chi connectivity index (χ1v) is 37.1. The SMILES string of the molecule is Cc1cc(OC(=O)OC(C)(C)C)c(C(C)(C)C)cc1C(CCCC(c1cc(C(C)(C)C)c(OC(=O)OC(C)(C)C)cc1C)c1cc(C(C)(C)C)c(OC(=O)OC(C)(C)Cc2ccc(C(C)C(C)c3ccccc3)cc2OC(=O)OC(C)(C)C)cc1C)c1cc(C(C)(C)C)c(OC(=O)OC(C)(C)C)cc1C. The first-order valence-electron chi connectivity index (χ1n) is 37.1. The lowest BCUT2D eigenvalue weighted by atomic mass is 9.74. The van der Waals surface area contributed by atoms with Gasteiger partial charge in [-0.15, -0.1) is 0 Å². The molecule has 0 saturated carbocycles. The lowest BCUT2D eigenvalue weighted by molar-refractivity contribution is 0.00688. The van der Waals surface area contributed by atoms with Crippen LogP contribution in [0.3, 0.4) is 0 Å². The highest BCUT2D eigenvalue weighted by molar-refractivity contribution is 5.70. The Morgan fingerprint density at radius 3 is 0.857 bits per heavy atom. The molecule has 6 rings (SSSR count). The van der Waals surface area contributed by atoms with Gasteiger partial charge in [-0.1, -0.05) is 170 Å². The van der Waals surface area contributed by atoms with Crippen molar-refractivity contribution in [3.05, 3.63) is 181 Å². The van der Waals surface area contributed by atoms with E-state index in [-0.39, 0.29) is 30.1 Å². The molecule has 574 valence electrons. The smallest absolute Gasteiger partial charge is 0.428 e. The highest BCUT2D eigenvalue weighted by atomic mass is 16.8. The summed E-state index contributed by atoms with van der Waals surface area (Å²) < 4.78 is 59.9. The number of hydrogen-bond acceptors (Lipinski definition) is 15. The fourth-order valence-electron chi connectivity index (χ4n) is 13.2. The number of ether oxygens (including phenoxy) is 10. The number of carbonyl (C=O) groups is 5. The summed E-state index contributed by atoms with van der Waals surface area (Å²) >= 11 is 0. The molecular formula is C90H124O15. The van der Waals surface area contributed by atoms with E-state index in [0.29, 0.717) is 53.6 Å². The molecule has 6 aromatic rings. The van der Waals surface area contributed by atoms with Crippen molar-refractivity contribution in [2.24, 2.45) is 0 Å². The molecule has 0 radical (unpaired) electrons. The summed E-state index contributed by atoms with van der Waals surface area (Å²) in [5.74, 6) is 1.46. The number of rotatable bonds is 19. The van der Waals surface area contributed by atoms with Crippen molar-refractivity contribution in [2.45, 2.75) is 321 Å². The summed E-state index contributed by atoms with van der Waals surface area (Å²) in [7, 11) is 0. The summed E-state index contributed by atoms with van der Waals surface area (Å²) in [6.45, 7) is 62.8. The van der Waals surface area contributed by atoms with E-state index in [1.165, 1.54) is 5.56 Å². The van der Waals surface area contributed by atoms with Crippen LogP contribution in [0.1, 0.15) is 320 Å². The molecule has 3 atom stereocenters. The molecule has 105 heavy (non-hydrogen) atoms. The van der Waals surface area contributed by atoms with Crippen LogP contribution in [0.2, 0.25) is 0 Å². The molecule has 0 fully saturated rings. The van der Waals surface area contributed by atoms with Gasteiger partial charge in [0, 0.05) is 40.5 Å². The van der Waals surface area contributed by atoms with Crippen molar-refractivity contribution in [3.63, 3.8) is 0 Å². The Kier molecular flexibility index (Phi) is 26.4. The molecule has 0 aromatic heterocycles. The van der Waals surface area contributed by atoms with Crippen molar-refractivity contribution in [3.8, 4) is 28.7 Å². The first-order chi connectivity index (χ1) is 47.8. The largest absolute Gasteiger partial charge is 0.514 e. The number of carbonyl (C=O) groups excluding carboxylic acids is 5. The van der Waals surface area contributed by atoms with Gasteiger partial charge in [0.2, 0.25) is 0 Å². The zero-order valence-electron chi connectivity index (χ0n) is 69.5. The third-order valence-corrected chi connectivity index (χ3v) is 18.4. The monoisotopic (exact) mass is 1440 g/mol. The van der Waals surface area contributed by atoms with E-state index in [4.69, 9.17) is 47.4 Å². The molecular weight excluding hydrogens is 1320 g/mol. The van der Waals surface area contributed by atoms with Crippen LogP contribution >= 0.6 is 0 Å². The summed E-state index contributed by atoms with van der Waals surface area (Å²) in [5, 5.41) is 0. The van der Waals surface area contributed by atoms with Crippen LogP contribution < -0.4 is 23.7 Å². The lowest BCUT2D eigenvalue weighted by Crippen LogP contribution is -2.33. The van der Waals surface area contributed by atoms with Gasteiger partial charge in [0.1, 0.15) is 56.8 Å². The fraction of sp³-hybridized carbons (Fsp3) is 0.544. The Hall–Kier alpha value is -8.33. The second-order valence-corrected chi connectivity index (χ2v) is 37.4. The van der Waals surface area contributed by atoms with Crippen molar-refractivity contribution in [1.29, 1.82) is 0 Å². The molecule has 3 unspecified atom stereocenters. The van der Waals surface area contributed by atoms with Gasteiger partial charge in [0.15, 0.2) is 0 Å². The lowest BCUT2D eigenvalue weighted by Gasteiger charge is -2.32. The van der Waals surface area contributed by atoms with Crippen LogP contribution in [-0.4, -0.2) is 58.8 Å². The maximum absolute atomic E-state index is 14.6. The molecule has 0 aliphatic rings. The van der Waals surface area contributed by atoms with E-state index in [1.807, 2.05) is 88.4 Å². The van der Waals surface area contributed by atoms with E-state index in [2.05, 4.69) is 133 Å². The molecule has 0 bridgehead atoms. The van der Waals surface area contributed by atoms with Gasteiger partial charge in [0.05, 0.1) is 0 Å². The van der Waals surface area contributed by atoms with Gasteiger partial charge in [-0.05, 0) is 262 Å². The Labute approximate surface area is 628 Å². The van der Waals surface area contributed by atoms with E-state index in [1.54, 1.807) is 96.9 Å². The van der Waals surface area contributed by atoms with Gasteiger partial charge in [0.25, 0.3) is 0 Å². The third-order valence-electron chi connectivity index (χ3n) is 18.4. The first kappa shape index (κ1) is 85.6. The quantitative estimate of drug-likeness (QED) is 0.0425. The number of aryl methyl sites for hydroxylation is 4. The highest BCUT2D eigenvalue weighted by Crippen LogP contribution is 2.48. The topological polar surface area (TPSA) is 178 Å². The van der Waals surface area contributed by atoms with Gasteiger partial charge in [-0.3, -0.25) is 0 Å². The number of hydrogen-bond donors (Lipinski definition) is 0.